The first kappa shape index (κ1) is 56.7. The molecule has 59 heavy (non-hydrogen) atoms. The van der Waals surface area contributed by atoms with E-state index < -0.39 is 20.0 Å². The SMILES string of the molecule is CC/C=C\C/C=C\C/C=C\C/C=C\CCCCCCCCCCCCC(=O)NC(COP(=O)(O)OCCN)C(O)/C=C/CC/C=C/CC/C=C/CCCCCCCCC. The molecule has 0 aromatic heterocycles. The fraction of sp³-hybridized carbons (Fsp3) is 0.700. The third-order valence-corrected chi connectivity index (χ3v) is 10.9. The molecule has 0 bridgehead atoms. The predicted octanol–water partition coefficient (Wildman–Crippen LogP) is 13.8. The van der Waals surface area contributed by atoms with E-state index in [9.17, 15) is 19.4 Å². The van der Waals surface area contributed by atoms with Gasteiger partial charge >= 0.3 is 7.82 Å². The summed E-state index contributed by atoms with van der Waals surface area (Å²) >= 11 is 0. The zero-order chi connectivity index (χ0) is 43.2. The van der Waals surface area contributed by atoms with Gasteiger partial charge < -0.3 is 21.1 Å². The van der Waals surface area contributed by atoms with Crippen LogP contribution < -0.4 is 11.1 Å². The summed E-state index contributed by atoms with van der Waals surface area (Å²) in [4.78, 5) is 22.8. The second-order valence-electron chi connectivity index (χ2n) is 15.6. The van der Waals surface area contributed by atoms with Gasteiger partial charge in [-0.3, -0.25) is 13.8 Å². The van der Waals surface area contributed by atoms with Crippen LogP contribution in [0.1, 0.15) is 194 Å². The summed E-state index contributed by atoms with van der Waals surface area (Å²) in [6.07, 6.45) is 60.7. The molecule has 0 aliphatic rings. The highest BCUT2D eigenvalue weighted by molar-refractivity contribution is 7.47. The maximum absolute atomic E-state index is 12.8. The van der Waals surface area contributed by atoms with Gasteiger partial charge in [-0.15, -0.1) is 0 Å². The van der Waals surface area contributed by atoms with Crippen LogP contribution >= 0.6 is 7.82 Å². The van der Waals surface area contributed by atoms with Crippen LogP contribution in [0.15, 0.2) is 85.1 Å². The molecule has 5 N–H and O–H groups in total. The van der Waals surface area contributed by atoms with Crippen LogP contribution in [0, 0.1) is 0 Å². The van der Waals surface area contributed by atoms with Crippen LogP contribution in [0.4, 0.5) is 0 Å². The summed E-state index contributed by atoms with van der Waals surface area (Å²) in [6.45, 7) is 3.98. The van der Waals surface area contributed by atoms with Crippen LogP contribution in [0.3, 0.4) is 0 Å². The molecular formula is C50H89N2O6P. The first-order valence-electron chi connectivity index (χ1n) is 23.7. The highest BCUT2D eigenvalue weighted by Crippen LogP contribution is 2.43. The summed E-state index contributed by atoms with van der Waals surface area (Å²) < 4.78 is 22.2. The van der Waals surface area contributed by atoms with Gasteiger partial charge in [0.25, 0.3) is 0 Å². The first-order chi connectivity index (χ1) is 28.9. The second-order valence-corrected chi connectivity index (χ2v) is 17.0. The second kappa shape index (κ2) is 45.2. The van der Waals surface area contributed by atoms with E-state index >= 15 is 0 Å². The van der Waals surface area contributed by atoms with Crippen molar-refractivity contribution in [2.24, 2.45) is 5.73 Å². The molecule has 340 valence electrons. The molecular weight excluding hydrogens is 756 g/mol. The molecule has 0 aromatic carbocycles. The number of amides is 1. The van der Waals surface area contributed by atoms with Gasteiger partial charge in [0.05, 0.1) is 25.4 Å². The monoisotopic (exact) mass is 845 g/mol. The zero-order valence-electron chi connectivity index (χ0n) is 37.7. The predicted molar refractivity (Wildman–Crippen MR) is 253 cm³/mol. The Balaban J connectivity index is 4.22. The van der Waals surface area contributed by atoms with Crippen LogP contribution in [0.25, 0.3) is 0 Å². The minimum atomic E-state index is -4.36. The standard InChI is InChI=1S/C50H89N2O6P/c1-3-5-7-9-11-13-15-17-19-21-22-23-24-25-26-28-30-32-34-36-38-40-42-44-50(54)52-48(47-58-59(55,56)57-46-45-51)49(53)43-41-39-37-35-33-31-29-27-20-18-16-14-12-10-8-6-4-2/h5,7,11,13,17,19-20,22-23,27,33,35,41,43,48-49,53H,3-4,6,8-10,12,14-16,18,21,24-26,28-32,34,36-40,42,44-47,51H2,1-2H3,(H,52,54)(H,55,56)/b7-5-,13-11-,19-17-,23-22-,27-20+,35-33+,43-41+. The molecule has 9 heteroatoms. The molecule has 0 spiro atoms. The molecule has 0 radical (unpaired) electrons. The highest BCUT2D eigenvalue weighted by Gasteiger charge is 2.26. The van der Waals surface area contributed by atoms with Crippen molar-refractivity contribution in [1.82, 2.24) is 5.32 Å². The van der Waals surface area contributed by atoms with Crippen molar-refractivity contribution < 1.29 is 28.4 Å². The van der Waals surface area contributed by atoms with Gasteiger partial charge in [-0.25, -0.2) is 4.57 Å². The van der Waals surface area contributed by atoms with E-state index in [2.05, 4.69) is 92.1 Å². The van der Waals surface area contributed by atoms with Crippen molar-refractivity contribution in [1.29, 1.82) is 0 Å². The number of phosphoric acid groups is 1. The van der Waals surface area contributed by atoms with Crippen molar-refractivity contribution in [3.05, 3.63) is 85.1 Å². The van der Waals surface area contributed by atoms with Crippen LogP contribution in [-0.4, -0.2) is 47.8 Å². The van der Waals surface area contributed by atoms with Crippen LogP contribution in [0.2, 0.25) is 0 Å². The fourth-order valence-electron chi connectivity index (χ4n) is 6.39. The van der Waals surface area contributed by atoms with E-state index in [1.54, 1.807) is 6.08 Å². The lowest BCUT2D eigenvalue weighted by Crippen LogP contribution is -2.45. The number of hydrogen-bond acceptors (Lipinski definition) is 6. The lowest BCUT2D eigenvalue weighted by atomic mass is 10.0. The van der Waals surface area contributed by atoms with E-state index in [0.29, 0.717) is 6.42 Å². The van der Waals surface area contributed by atoms with Crippen molar-refractivity contribution in [3.8, 4) is 0 Å². The highest BCUT2D eigenvalue weighted by atomic mass is 31.2. The topological polar surface area (TPSA) is 131 Å². The van der Waals surface area contributed by atoms with Gasteiger partial charge in [-0.05, 0) is 83.5 Å². The Bertz CT molecular complexity index is 1190. The van der Waals surface area contributed by atoms with Gasteiger partial charge in [0, 0.05) is 13.0 Å². The summed E-state index contributed by atoms with van der Waals surface area (Å²) in [6, 6.07) is -0.891. The Morgan fingerprint density at radius 2 is 1.00 bits per heavy atom. The number of aliphatic hydroxyl groups excluding tert-OH is 1. The number of nitrogens with one attached hydrogen (secondary N) is 1. The number of carbonyl (C=O) groups excluding carboxylic acids is 1. The third kappa shape index (κ3) is 43.6. The normalized spacial score (nSPS) is 14.7. The first-order valence-corrected chi connectivity index (χ1v) is 25.2. The Labute approximate surface area is 362 Å². The number of aliphatic hydroxyl groups is 1. The Kier molecular flexibility index (Phi) is 43.4. The molecule has 8 nitrogen and oxygen atoms in total. The molecule has 0 fully saturated rings. The van der Waals surface area contributed by atoms with Gasteiger partial charge in [0.1, 0.15) is 0 Å². The molecule has 0 heterocycles. The van der Waals surface area contributed by atoms with E-state index in [4.69, 9.17) is 14.8 Å². The van der Waals surface area contributed by atoms with Crippen molar-refractivity contribution in [2.45, 2.75) is 206 Å². The van der Waals surface area contributed by atoms with E-state index in [1.165, 1.54) is 96.3 Å². The molecule has 0 aliphatic carbocycles. The molecule has 0 rings (SSSR count). The Hall–Kier alpha value is -2.32. The number of hydrogen-bond donors (Lipinski definition) is 4. The third-order valence-electron chi connectivity index (χ3n) is 9.93. The number of unbranched alkanes of at least 4 members (excludes halogenated alkanes) is 19. The summed E-state index contributed by atoms with van der Waals surface area (Å²) in [7, 11) is -4.36. The molecule has 0 aliphatic heterocycles. The number of phosphoric ester groups is 1. The van der Waals surface area contributed by atoms with Gasteiger partial charge in [0.15, 0.2) is 0 Å². The van der Waals surface area contributed by atoms with Gasteiger partial charge in [-0.1, -0.05) is 189 Å². The van der Waals surface area contributed by atoms with Crippen LogP contribution in [-0.2, 0) is 18.4 Å². The molecule has 0 saturated heterocycles. The average Bonchev–Trinajstić information content (AvgIpc) is 3.22. The molecule has 3 unspecified atom stereocenters. The van der Waals surface area contributed by atoms with Crippen molar-refractivity contribution in [2.75, 3.05) is 19.8 Å². The quantitative estimate of drug-likeness (QED) is 0.0273. The molecule has 0 saturated carbocycles. The zero-order valence-corrected chi connectivity index (χ0v) is 38.6. The molecule has 1 amide bonds. The van der Waals surface area contributed by atoms with Crippen LogP contribution in [0.5, 0.6) is 0 Å². The fourth-order valence-corrected chi connectivity index (χ4v) is 7.15. The summed E-state index contributed by atoms with van der Waals surface area (Å²) in [5.41, 5.74) is 5.38. The number of rotatable bonds is 43. The maximum atomic E-state index is 12.8. The largest absolute Gasteiger partial charge is 0.472 e. The van der Waals surface area contributed by atoms with Crippen molar-refractivity contribution >= 4 is 13.7 Å². The number of carbonyl (C=O) groups is 1. The summed E-state index contributed by atoms with van der Waals surface area (Å²) in [5, 5.41) is 13.7. The Morgan fingerprint density at radius 1 is 0.576 bits per heavy atom. The molecule has 3 atom stereocenters. The Morgan fingerprint density at radius 3 is 1.51 bits per heavy atom. The number of allylic oxidation sites excluding steroid dienone is 13. The lowest BCUT2D eigenvalue weighted by Gasteiger charge is -2.23. The van der Waals surface area contributed by atoms with E-state index in [1.807, 2.05) is 6.08 Å². The molecule has 0 aromatic rings. The van der Waals surface area contributed by atoms with Gasteiger partial charge in [-0.2, -0.15) is 0 Å². The number of nitrogens with two attached hydrogens (primary N) is 1. The smallest absolute Gasteiger partial charge is 0.387 e. The van der Waals surface area contributed by atoms with E-state index in [-0.39, 0.29) is 25.7 Å². The summed E-state index contributed by atoms with van der Waals surface area (Å²) in [5.74, 6) is -0.216. The van der Waals surface area contributed by atoms with E-state index in [0.717, 1.165) is 77.0 Å². The van der Waals surface area contributed by atoms with Crippen molar-refractivity contribution in [3.63, 3.8) is 0 Å². The minimum Gasteiger partial charge on any atom is -0.387 e. The minimum absolute atomic E-state index is 0.0671. The maximum Gasteiger partial charge on any atom is 0.472 e. The van der Waals surface area contributed by atoms with Gasteiger partial charge in [0.2, 0.25) is 5.91 Å². The average molecular weight is 845 g/mol. The lowest BCUT2D eigenvalue weighted by molar-refractivity contribution is -0.123.